The van der Waals surface area contributed by atoms with E-state index in [2.05, 4.69) is 20.8 Å². The van der Waals surface area contributed by atoms with Crippen LogP contribution in [0.2, 0.25) is 0 Å². The number of hydrogen-bond donors (Lipinski definition) is 1. The summed E-state index contributed by atoms with van der Waals surface area (Å²) in [6, 6.07) is 6.87. The summed E-state index contributed by atoms with van der Waals surface area (Å²) in [5.74, 6) is 0. The molecule has 1 aromatic rings. The largest absolute Gasteiger partial charge is 0.389 e. The predicted molar refractivity (Wildman–Crippen MR) is 85.6 cm³/mol. The second-order valence-corrected chi connectivity index (χ2v) is 8.68. The average molecular weight is 377 g/mol. The summed E-state index contributed by atoms with van der Waals surface area (Å²) in [5, 5.41) is 9.83. The molecule has 118 valence electrons. The zero-order valence-electron chi connectivity index (χ0n) is 12.3. The van der Waals surface area contributed by atoms with E-state index in [0.717, 1.165) is 0 Å². The number of benzene rings is 1. The van der Waals surface area contributed by atoms with E-state index in [-0.39, 0.29) is 0 Å². The van der Waals surface area contributed by atoms with E-state index < -0.39 is 15.6 Å². The van der Waals surface area contributed by atoms with Gasteiger partial charge < -0.3 is 5.11 Å². The molecule has 2 rings (SSSR count). The fraction of sp³-hybridized carbons (Fsp3) is 0.571. The molecule has 0 unspecified atom stereocenters. The number of aliphatic hydroxyl groups is 1. The number of piperazine rings is 1. The van der Waals surface area contributed by atoms with Crippen molar-refractivity contribution in [3.8, 4) is 0 Å². The lowest BCUT2D eigenvalue weighted by Crippen LogP contribution is -2.51. The Balaban J connectivity index is 2.07. The number of halogens is 1. The van der Waals surface area contributed by atoms with Crippen molar-refractivity contribution in [3.05, 3.63) is 28.7 Å². The van der Waals surface area contributed by atoms with Gasteiger partial charge in [0.15, 0.2) is 0 Å². The average Bonchev–Trinajstić information content (AvgIpc) is 2.37. The first-order valence-corrected chi connectivity index (χ1v) is 9.13. The Morgan fingerprint density at radius 2 is 1.76 bits per heavy atom. The van der Waals surface area contributed by atoms with E-state index >= 15 is 0 Å². The first-order valence-electron chi connectivity index (χ1n) is 6.89. The van der Waals surface area contributed by atoms with Crippen LogP contribution in [0, 0.1) is 0 Å². The van der Waals surface area contributed by atoms with Crippen LogP contribution < -0.4 is 0 Å². The Bertz CT molecular complexity index is 590. The van der Waals surface area contributed by atoms with Crippen molar-refractivity contribution < 1.29 is 13.5 Å². The highest BCUT2D eigenvalue weighted by molar-refractivity contribution is 9.10. The fourth-order valence-corrected chi connectivity index (χ4v) is 4.85. The highest BCUT2D eigenvalue weighted by Crippen LogP contribution is 2.25. The van der Waals surface area contributed by atoms with Gasteiger partial charge in [-0.3, -0.25) is 4.90 Å². The van der Waals surface area contributed by atoms with Crippen LogP contribution in [0.15, 0.2) is 33.6 Å². The summed E-state index contributed by atoms with van der Waals surface area (Å²) < 4.78 is 27.4. The van der Waals surface area contributed by atoms with Gasteiger partial charge in [0.05, 0.1) is 10.5 Å². The van der Waals surface area contributed by atoms with Crippen LogP contribution in [0.4, 0.5) is 0 Å². The fourth-order valence-electron chi connectivity index (χ4n) is 2.47. The third kappa shape index (κ3) is 4.26. The zero-order valence-corrected chi connectivity index (χ0v) is 14.7. The van der Waals surface area contributed by atoms with Gasteiger partial charge in [0.1, 0.15) is 0 Å². The quantitative estimate of drug-likeness (QED) is 0.865. The van der Waals surface area contributed by atoms with E-state index in [0.29, 0.717) is 42.1 Å². The van der Waals surface area contributed by atoms with Gasteiger partial charge in [-0.2, -0.15) is 4.31 Å². The maximum atomic E-state index is 12.6. The number of nitrogens with zero attached hydrogens (tertiary/aromatic N) is 2. The lowest BCUT2D eigenvalue weighted by atomic mass is 10.1. The molecule has 0 amide bonds. The van der Waals surface area contributed by atoms with Crippen molar-refractivity contribution in [1.82, 2.24) is 9.21 Å². The number of rotatable bonds is 4. The molecule has 0 atom stereocenters. The van der Waals surface area contributed by atoms with Gasteiger partial charge in [0.25, 0.3) is 0 Å². The Kier molecular flexibility index (Phi) is 5.10. The minimum absolute atomic E-state index is 0.306. The Morgan fingerprint density at radius 3 is 2.29 bits per heavy atom. The van der Waals surface area contributed by atoms with Gasteiger partial charge in [0.2, 0.25) is 10.0 Å². The molecule has 21 heavy (non-hydrogen) atoms. The molecule has 0 bridgehead atoms. The maximum Gasteiger partial charge on any atom is 0.244 e. The Labute approximate surface area is 134 Å². The first kappa shape index (κ1) is 16.9. The Hall–Kier alpha value is -0.470. The van der Waals surface area contributed by atoms with Crippen LogP contribution in [0.3, 0.4) is 0 Å². The minimum Gasteiger partial charge on any atom is -0.389 e. The van der Waals surface area contributed by atoms with Gasteiger partial charge in [-0.25, -0.2) is 8.42 Å². The number of hydrogen-bond acceptors (Lipinski definition) is 4. The van der Waals surface area contributed by atoms with Crippen LogP contribution in [0.5, 0.6) is 0 Å². The van der Waals surface area contributed by atoms with E-state index in [1.807, 2.05) is 0 Å². The van der Waals surface area contributed by atoms with Gasteiger partial charge >= 0.3 is 0 Å². The SMILES string of the molecule is CC(C)(O)CN1CCN(S(=O)(=O)c2ccccc2Br)CC1. The van der Waals surface area contributed by atoms with Crippen molar-refractivity contribution in [2.75, 3.05) is 32.7 Å². The standard InChI is InChI=1S/C14H21BrN2O3S/c1-14(2,18)11-16-7-9-17(10-8-16)21(19,20)13-6-4-3-5-12(13)15/h3-6,18H,7-11H2,1-2H3. The first-order chi connectivity index (χ1) is 9.70. The van der Waals surface area contributed by atoms with Crippen molar-refractivity contribution >= 4 is 26.0 Å². The van der Waals surface area contributed by atoms with Gasteiger partial charge in [-0.1, -0.05) is 12.1 Å². The molecule has 1 heterocycles. The smallest absolute Gasteiger partial charge is 0.244 e. The molecular weight excluding hydrogens is 356 g/mol. The van der Waals surface area contributed by atoms with Crippen molar-refractivity contribution in [2.24, 2.45) is 0 Å². The van der Waals surface area contributed by atoms with E-state index in [4.69, 9.17) is 0 Å². The summed E-state index contributed by atoms with van der Waals surface area (Å²) in [4.78, 5) is 2.40. The molecule has 0 radical (unpaired) electrons. The maximum absolute atomic E-state index is 12.6. The van der Waals surface area contributed by atoms with E-state index in [9.17, 15) is 13.5 Å². The van der Waals surface area contributed by atoms with Crippen LogP contribution >= 0.6 is 15.9 Å². The molecule has 0 saturated carbocycles. The lowest BCUT2D eigenvalue weighted by molar-refractivity contribution is 0.0263. The van der Waals surface area contributed by atoms with Crippen molar-refractivity contribution in [3.63, 3.8) is 0 Å². The third-order valence-corrected chi connectivity index (χ3v) is 6.31. The monoisotopic (exact) mass is 376 g/mol. The topological polar surface area (TPSA) is 60.9 Å². The molecule has 1 aromatic carbocycles. The number of β-amino-alcohol motifs (C(OH)–C–C–N with tert-alkyl or cyclic N) is 1. The van der Waals surface area contributed by atoms with E-state index in [1.165, 1.54) is 4.31 Å². The summed E-state index contributed by atoms with van der Waals surface area (Å²) in [6.45, 7) is 6.23. The molecule has 0 aromatic heterocycles. The second kappa shape index (κ2) is 6.34. The molecule has 7 heteroatoms. The highest BCUT2D eigenvalue weighted by Gasteiger charge is 2.31. The number of sulfonamides is 1. The minimum atomic E-state index is -3.46. The summed E-state index contributed by atoms with van der Waals surface area (Å²) >= 11 is 3.30. The van der Waals surface area contributed by atoms with Crippen LogP contribution in [-0.4, -0.2) is 61.1 Å². The molecule has 1 fully saturated rings. The zero-order chi connectivity index (χ0) is 15.7. The van der Waals surface area contributed by atoms with Crippen LogP contribution in [0.1, 0.15) is 13.8 Å². The van der Waals surface area contributed by atoms with Gasteiger partial charge in [-0.05, 0) is 41.9 Å². The molecule has 0 aliphatic carbocycles. The lowest BCUT2D eigenvalue weighted by Gasteiger charge is -2.36. The molecule has 1 N–H and O–H groups in total. The van der Waals surface area contributed by atoms with Gasteiger partial charge in [0, 0.05) is 37.2 Å². The molecular formula is C14H21BrN2O3S. The second-order valence-electron chi connectivity index (χ2n) is 5.92. The summed E-state index contributed by atoms with van der Waals surface area (Å²) in [6.07, 6.45) is 0. The molecule has 1 aliphatic rings. The Morgan fingerprint density at radius 1 is 1.19 bits per heavy atom. The van der Waals surface area contributed by atoms with Crippen molar-refractivity contribution in [1.29, 1.82) is 0 Å². The molecule has 1 aliphatic heterocycles. The van der Waals surface area contributed by atoms with Crippen molar-refractivity contribution in [2.45, 2.75) is 24.3 Å². The highest BCUT2D eigenvalue weighted by atomic mass is 79.9. The third-order valence-electron chi connectivity index (χ3n) is 3.40. The van der Waals surface area contributed by atoms with E-state index in [1.54, 1.807) is 38.1 Å². The molecule has 0 spiro atoms. The molecule has 5 nitrogen and oxygen atoms in total. The molecule has 1 saturated heterocycles. The summed E-state index contributed by atoms with van der Waals surface area (Å²) in [5.41, 5.74) is -0.760. The predicted octanol–water partition coefficient (Wildman–Crippen LogP) is 1.53. The van der Waals surface area contributed by atoms with Crippen LogP contribution in [0.25, 0.3) is 0 Å². The summed E-state index contributed by atoms with van der Waals surface area (Å²) in [7, 11) is -3.46. The van der Waals surface area contributed by atoms with Crippen LogP contribution in [-0.2, 0) is 10.0 Å². The normalized spacial score (nSPS) is 18.9. The van der Waals surface area contributed by atoms with Gasteiger partial charge in [-0.15, -0.1) is 0 Å².